The van der Waals surface area contributed by atoms with Gasteiger partial charge in [-0.2, -0.15) is 0 Å². The fourth-order valence-electron chi connectivity index (χ4n) is 1.96. The number of rotatable bonds is 2. The van der Waals surface area contributed by atoms with E-state index in [0.717, 1.165) is 10.9 Å². The molecule has 0 aliphatic carbocycles. The fourth-order valence-corrected chi connectivity index (χ4v) is 2.11. The standard InChI is InChI=1S/C15H10ClN3O/c16-12-6-8-17-9-14(12)19-15(20)11-3-1-5-13-10(11)4-2-7-18-13/h1-9H,(H,19,20). The molecule has 2 heterocycles. The molecule has 1 aromatic carbocycles. The summed E-state index contributed by atoms with van der Waals surface area (Å²) in [6.07, 6.45) is 4.78. The Kier molecular flexibility index (Phi) is 3.31. The summed E-state index contributed by atoms with van der Waals surface area (Å²) in [5.41, 5.74) is 1.81. The van der Waals surface area contributed by atoms with Crippen molar-refractivity contribution in [2.75, 3.05) is 5.32 Å². The van der Waals surface area contributed by atoms with Crippen LogP contribution in [0, 0.1) is 0 Å². The molecule has 0 aliphatic heterocycles. The summed E-state index contributed by atoms with van der Waals surface area (Å²) < 4.78 is 0. The first-order valence-electron chi connectivity index (χ1n) is 6.00. The van der Waals surface area contributed by atoms with Gasteiger partial charge in [-0.1, -0.05) is 23.7 Å². The topological polar surface area (TPSA) is 54.9 Å². The number of nitrogens with zero attached hydrogens (tertiary/aromatic N) is 2. The van der Waals surface area contributed by atoms with Gasteiger partial charge in [-0.15, -0.1) is 0 Å². The van der Waals surface area contributed by atoms with Gasteiger partial charge < -0.3 is 5.32 Å². The largest absolute Gasteiger partial charge is 0.319 e. The summed E-state index contributed by atoms with van der Waals surface area (Å²) in [7, 11) is 0. The molecule has 3 rings (SSSR count). The van der Waals surface area contributed by atoms with Crippen molar-refractivity contribution >= 4 is 34.1 Å². The van der Waals surface area contributed by atoms with Crippen molar-refractivity contribution in [1.29, 1.82) is 0 Å². The van der Waals surface area contributed by atoms with Gasteiger partial charge in [0, 0.05) is 23.3 Å². The van der Waals surface area contributed by atoms with Gasteiger partial charge in [0.25, 0.3) is 5.91 Å². The van der Waals surface area contributed by atoms with Crippen LogP contribution in [0.2, 0.25) is 5.02 Å². The quantitative estimate of drug-likeness (QED) is 0.783. The number of carbonyl (C=O) groups excluding carboxylic acids is 1. The van der Waals surface area contributed by atoms with E-state index in [-0.39, 0.29) is 5.91 Å². The van der Waals surface area contributed by atoms with E-state index in [4.69, 9.17) is 11.6 Å². The molecule has 0 atom stereocenters. The van der Waals surface area contributed by atoms with Gasteiger partial charge in [-0.25, -0.2) is 0 Å². The van der Waals surface area contributed by atoms with Gasteiger partial charge in [0.1, 0.15) is 0 Å². The van der Waals surface area contributed by atoms with Crippen molar-refractivity contribution in [3.8, 4) is 0 Å². The second kappa shape index (κ2) is 5.27. The van der Waals surface area contributed by atoms with E-state index in [0.29, 0.717) is 16.3 Å². The second-order valence-corrected chi connectivity index (χ2v) is 4.59. The van der Waals surface area contributed by atoms with Crippen molar-refractivity contribution in [2.45, 2.75) is 0 Å². The summed E-state index contributed by atoms with van der Waals surface area (Å²) in [4.78, 5) is 20.5. The number of pyridine rings is 2. The lowest BCUT2D eigenvalue weighted by Gasteiger charge is -2.08. The molecule has 0 spiro atoms. The first kappa shape index (κ1) is 12.6. The lowest BCUT2D eigenvalue weighted by atomic mass is 10.1. The summed E-state index contributed by atoms with van der Waals surface area (Å²) in [5, 5.41) is 4.01. The van der Waals surface area contributed by atoms with Gasteiger partial charge >= 0.3 is 0 Å². The minimum atomic E-state index is -0.237. The smallest absolute Gasteiger partial charge is 0.256 e. The highest BCUT2D eigenvalue weighted by atomic mass is 35.5. The number of fused-ring (bicyclic) bond motifs is 1. The highest BCUT2D eigenvalue weighted by Gasteiger charge is 2.11. The zero-order chi connectivity index (χ0) is 13.9. The zero-order valence-corrected chi connectivity index (χ0v) is 11.1. The van der Waals surface area contributed by atoms with Crippen LogP contribution in [0.1, 0.15) is 10.4 Å². The molecule has 0 aliphatic rings. The van der Waals surface area contributed by atoms with Gasteiger partial charge in [0.15, 0.2) is 0 Å². The van der Waals surface area contributed by atoms with E-state index in [2.05, 4.69) is 15.3 Å². The Morgan fingerprint density at radius 3 is 2.85 bits per heavy atom. The van der Waals surface area contributed by atoms with Gasteiger partial charge in [0.05, 0.1) is 22.4 Å². The number of anilines is 1. The third-order valence-electron chi connectivity index (χ3n) is 2.91. The molecule has 1 N–H and O–H groups in total. The third kappa shape index (κ3) is 2.33. The molecular weight excluding hydrogens is 274 g/mol. The summed E-state index contributed by atoms with van der Waals surface area (Å²) >= 11 is 6.01. The molecule has 1 amide bonds. The maximum atomic E-state index is 12.4. The van der Waals surface area contributed by atoms with E-state index < -0.39 is 0 Å². The average molecular weight is 284 g/mol. The lowest BCUT2D eigenvalue weighted by Crippen LogP contribution is -2.13. The van der Waals surface area contributed by atoms with Crippen molar-refractivity contribution in [1.82, 2.24) is 9.97 Å². The number of hydrogen-bond acceptors (Lipinski definition) is 3. The second-order valence-electron chi connectivity index (χ2n) is 4.19. The molecule has 5 heteroatoms. The van der Waals surface area contributed by atoms with Crippen molar-refractivity contribution < 1.29 is 4.79 Å². The van der Waals surface area contributed by atoms with Crippen molar-refractivity contribution in [3.63, 3.8) is 0 Å². The van der Waals surface area contributed by atoms with Crippen molar-refractivity contribution in [2.24, 2.45) is 0 Å². The Hall–Kier alpha value is -2.46. The Morgan fingerprint density at radius 2 is 2.00 bits per heavy atom. The maximum absolute atomic E-state index is 12.4. The zero-order valence-electron chi connectivity index (χ0n) is 10.4. The summed E-state index contributed by atoms with van der Waals surface area (Å²) in [6.45, 7) is 0. The number of amides is 1. The molecule has 0 unspecified atom stereocenters. The summed E-state index contributed by atoms with van der Waals surface area (Å²) in [5.74, 6) is -0.237. The predicted octanol–water partition coefficient (Wildman–Crippen LogP) is 3.54. The number of hydrogen-bond donors (Lipinski definition) is 1. The Bertz CT molecular complexity index is 783. The van der Waals surface area contributed by atoms with E-state index >= 15 is 0 Å². The molecule has 3 aromatic rings. The SMILES string of the molecule is O=C(Nc1cnccc1Cl)c1cccc2ncccc12. The molecule has 98 valence electrons. The lowest BCUT2D eigenvalue weighted by molar-refractivity contribution is 0.102. The van der Waals surface area contributed by atoms with E-state index in [1.165, 1.54) is 6.20 Å². The van der Waals surface area contributed by atoms with Crippen LogP contribution in [-0.4, -0.2) is 15.9 Å². The molecule has 0 bridgehead atoms. The normalized spacial score (nSPS) is 10.4. The van der Waals surface area contributed by atoms with Crippen LogP contribution in [0.3, 0.4) is 0 Å². The van der Waals surface area contributed by atoms with E-state index in [9.17, 15) is 4.79 Å². The van der Waals surface area contributed by atoms with Gasteiger partial charge in [-0.05, 0) is 24.3 Å². The van der Waals surface area contributed by atoms with Crippen molar-refractivity contribution in [3.05, 3.63) is 65.6 Å². The maximum Gasteiger partial charge on any atom is 0.256 e. The number of carbonyl (C=O) groups is 1. The minimum Gasteiger partial charge on any atom is -0.319 e. The highest BCUT2D eigenvalue weighted by Crippen LogP contribution is 2.22. The molecule has 2 aromatic heterocycles. The average Bonchev–Trinajstić information content (AvgIpc) is 2.49. The Labute approximate surface area is 120 Å². The molecule has 20 heavy (non-hydrogen) atoms. The van der Waals surface area contributed by atoms with Crippen LogP contribution in [-0.2, 0) is 0 Å². The summed E-state index contributed by atoms with van der Waals surface area (Å²) in [6, 6.07) is 10.7. The molecular formula is C15H10ClN3O. The Morgan fingerprint density at radius 1 is 1.10 bits per heavy atom. The molecule has 4 nitrogen and oxygen atoms in total. The molecule has 0 saturated heterocycles. The van der Waals surface area contributed by atoms with E-state index in [1.807, 2.05) is 12.1 Å². The Balaban J connectivity index is 1.99. The molecule has 0 fully saturated rings. The van der Waals surface area contributed by atoms with Crippen LogP contribution in [0.25, 0.3) is 10.9 Å². The number of nitrogens with one attached hydrogen (secondary N) is 1. The first-order chi connectivity index (χ1) is 9.75. The molecule has 0 radical (unpaired) electrons. The van der Waals surface area contributed by atoms with Crippen LogP contribution in [0.4, 0.5) is 5.69 Å². The van der Waals surface area contributed by atoms with Crippen LogP contribution in [0.15, 0.2) is 55.0 Å². The minimum absolute atomic E-state index is 0.237. The van der Waals surface area contributed by atoms with Crippen LogP contribution < -0.4 is 5.32 Å². The predicted molar refractivity (Wildman–Crippen MR) is 78.9 cm³/mol. The van der Waals surface area contributed by atoms with Gasteiger partial charge in [0.2, 0.25) is 0 Å². The van der Waals surface area contributed by atoms with Crippen LogP contribution >= 0.6 is 11.6 Å². The van der Waals surface area contributed by atoms with E-state index in [1.54, 1.807) is 36.7 Å². The number of aromatic nitrogens is 2. The highest BCUT2D eigenvalue weighted by molar-refractivity contribution is 6.34. The number of benzene rings is 1. The third-order valence-corrected chi connectivity index (χ3v) is 3.24. The molecule has 0 saturated carbocycles. The van der Waals surface area contributed by atoms with Crippen LogP contribution in [0.5, 0.6) is 0 Å². The van der Waals surface area contributed by atoms with Gasteiger partial charge in [-0.3, -0.25) is 14.8 Å². The first-order valence-corrected chi connectivity index (χ1v) is 6.38. The number of halogens is 1. The fraction of sp³-hybridized carbons (Fsp3) is 0. The monoisotopic (exact) mass is 283 g/mol.